The topological polar surface area (TPSA) is 66.5 Å². The number of carbonyl (C=O) groups excluding carboxylic acids is 1. The number of hydrogen-bond donors (Lipinski definition) is 1. The number of carbonyl (C=O) groups is 1. The molecule has 0 unspecified atom stereocenters. The van der Waals surface area contributed by atoms with E-state index in [0.29, 0.717) is 5.69 Å². The second kappa shape index (κ2) is 10.6. The summed E-state index contributed by atoms with van der Waals surface area (Å²) in [5.74, 6) is -0.328. The van der Waals surface area contributed by atoms with Gasteiger partial charge in [0.15, 0.2) is 0 Å². The van der Waals surface area contributed by atoms with Crippen molar-refractivity contribution in [2.75, 3.05) is 10.8 Å². The zero-order valence-electron chi connectivity index (χ0n) is 20.8. The van der Waals surface area contributed by atoms with Crippen LogP contribution in [0, 0.1) is 13.8 Å². The third kappa shape index (κ3) is 5.76. The highest BCUT2D eigenvalue weighted by molar-refractivity contribution is 7.92. The minimum atomic E-state index is -3.93. The normalized spacial score (nSPS) is 14.1. The first-order chi connectivity index (χ1) is 16.8. The molecule has 0 spiro atoms. The molecule has 6 heteroatoms. The van der Waals surface area contributed by atoms with E-state index in [4.69, 9.17) is 0 Å². The molecule has 1 aliphatic rings. The number of nitrogens with zero attached hydrogens (tertiary/aromatic N) is 1. The zero-order chi connectivity index (χ0) is 25.0. The molecule has 3 aromatic rings. The smallest absolute Gasteiger partial charge is 0.264 e. The third-order valence-corrected chi connectivity index (χ3v) is 8.52. The molecule has 0 saturated carbocycles. The van der Waals surface area contributed by atoms with Gasteiger partial charge in [-0.25, -0.2) is 8.42 Å². The Morgan fingerprint density at radius 3 is 2.11 bits per heavy atom. The highest BCUT2D eigenvalue weighted by atomic mass is 32.2. The molecule has 1 amide bonds. The SMILES string of the molecule is CC[C@@H](NC(=O)CN(c1ccc(C)cc1)S(=O)(=O)c1ccc(C)cc1)c1ccc2c(c1)CCCC2. The molecule has 184 valence electrons. The van der Waals surface area contributed by atoms with Gasteiger partial charge in [0, 0.05) is 0 Å². The highest BCUT2D eigenvalue weighted by Crippen LogP contribution is 2.27. The van der Waals surface area contributed by atoms with Gasteiger partial charge in [0.05, 0.1) is 16.6 Å². The number of rotatable bonds is 8. The summed E-state index contributed by atoms with van der Waals surface area (Å²) in [5.41, 5.74) is 6.29. The lowest BCUT2D eigenvalue weighted by Crippen LogP contribution is -2.42. The largest absolute Gasteiger partial charge is 0.348 e. The van der Waals surface area contributed by atoms with Crippen molar-refractivity contribution in [3.05, 3.63) is 94.5 Å². The first kappa shape index (κ1) is 25.0. The molecule has 0 radical (unpaired) electrons. The number of benzene rings is 3. The average Bonchev–Trinajstić information content (AvgIpc) is 2.86. The van der Waals surface area contributed by atoms with E-state index in [1.165, 1.54) is 28.3 Å². The molecule has 3 aromatic carbocycles. The highest BCUT2D eigenvalue weighted by Gasteiger charge is 2.28. The van der Waals surface area contributed by atoms with Gasteiger partial charge >= 0.3 is 0 Å². The molecule has 0 heterocycles. The van der Waals surface area contributed by atoms with Crippen LogP contribution in [0.1, 0.15) is 60.0 Å². The molecule has 0 saturated heterocycles. The molecule has 5 nitrogen and oxygen atoms in total. The maximum atomic E-state index is 13.6. The van der Waals surface area contributed by atoms with Crippen molar-refractivity contribution >= 4 is 21.6 Å². The van der Waals surface area contributed by atoms with Crippen LogP contribution in [-0.4, -0.2) is 20.9 Å². The van der Waals surface area contributed by atoms with E-state index < -0.39 is 10.0 Å². The second-order valence-electron chi connectivity index (χ2n) is 9.42. The summed E-state index contributed by atoms with van der Waals surface area (Å²) in [6.45, 7) is 5.60. The Kier molecular flexibility index (Phi) is 7.60. The molecule has 1 N–H and O–H groups in total. The summed E-state index contributed by atoms with van der Waals surface area (Å²) in [5, 5.41) is 3.09. The van der Waals surface area contributed by atoms with E-state index in [1.807, 2.05) is 32.9 Å². The maximum absolute atomic E-state index is 13.6. The van der Waals surface area contributed by atoms with Crippen molar-refractivity contribution in [3.63, 3.8) is 0 Å². The fourth-order valence-corrected chi connectivity index (χ4v) is 6.05. The van der Waals surface area contributed by atoms with Gasteiger partial charge in [-0.3, -0.25) is 9.10 Å². The van der Waals surface area contributed by atoms with Crippen molar-refractivity contribution < 1.29 is 13.2 Å². The number of sulfonamides is 1. The predicted octanol–water partition coefficient (Wildman–Crippen LogP) is 5.65. The molecule has 0 aliphatic heterocycles. The molecule has 1 atom stereocenters. The van der Waals surface area contributed by atoms with Crippen LogP contribution in [0.5, 0.6) is 0 Å². The van der Waals surface area contributed by atoms with Gasteiger partial charge in [0.25, 0.3) is 10.0 Å². The van der Waals surface area contributed by atoms with Crippen LogP contribution in [0.3, 0.4) is 0 Å². The first-order valence-electron chi connectivity index (χ1n) is 12.3. The van der Waals surface area contributed by atoms with E-state index in [0.717, 1.165) is 36.0 Å². The summed E-state index contributed by atoms with van der Waals surface area (Å²) in [4.78, 5) is 13.4. The van der Waals surface area contributed by atoms with Gasteiger partial charge in [0.2, 0.25) is 5.91 Å². The zero-order valence-corrected chi connectivity index (χ0v) is 21.6. The van der Waals surface area contributed by atoms with E-state index in [2.05, 4.69) is 23.5 Å². The standard InChI is InChI=1S/C29H34N2O3S/c1-4-28(25-14-13-23-7-5-6-8-24(23)19-25)30-29(32)20-31(26-15-9-21(2)10-16-26)35(33,34)27-17-11-22(3)12-18-27/h9-19,28H,4-8,20H2,1-3H3,(H,30,32)/t28-/m1/s1. The molecule has 1 aliphatic carbocycles. The Morgan fingerprint density at radius 1 is 0.886 bits per heavy atom. The first-order valence-corrected chi connectivity index (χ1v) is 13.8. The van der Waals surface area contributed by atoms with Gasteiger partial charge in [-0.05, 0) is 86.9 Å². The Bertz CT molecular complexity index is 1280. The fraction of sp³-hybridized carbons (Fsp3) is 0.345. The van der Waals surface area contributed by atoms with E-state index in [1.54, 1.807) is 36.4 Å². The van der Waals surface area contributed by atoms with Crippen LogP contribution < -0.4 is 9.62 Å². The lowest BCUT2D eigenvalue weighted by atomic mass is 9.89. The average molecular weight is 491 g/mol. The van der Waals surface area contributed by atoms with Gasteiger partial charge in [-0.2, -0.15) is 0 Å². The number of fused-ring (bicyclic) bond motifs is 1. The minimum Gasteiger partial charge on any atom is -0.348 e. The molecule has 0 bridgehead atoms. The van der Waals surface area contributed by atoms with Crippen LogP contribution in [0.2, 0.25) is 0 Å². The Morgan fingerprint density at radius 2 is 1.49 bits per heavy atom. The summed E-state index contributed by atoms with van der Waals surface area (Å²) in [7, 11) is -3.93. The summed E-state index contributed by atoms with van der Waals surface area (Å²) < 4.78 is 28.4. The van der Waals surface area contributed by atoms with Crippen LogP contribution in [-0.2, 0) is 27.7 Å². The number of amides is 1. The molecule has 4 rings (SSSR count). The van der Waals surface area contributed by atoms with Crippen LogP contribution >= 0.6 is 0 Å². The number of anilines is 1. The Balaban J connectivity index is 1.59. The van der Waals surface area contributed by atoms with Crippen LogP contribution in [0.25, 0.3) is 0 Å². The van der Waals surface area contributed by atoms with Crippen molar-refractivity contribution in [1.29, 1.82) is 0 Å². The Hall–Kier alpha value is -3.12. The number of hydrogen-bond acceptors (Lipinski definition) is 3. The molecule has 35 heavy (non-hydrogen) atoms. The van der Waals surface area contributed by atoms with Crippen molar-refractivity contribution in [2.45, 2.75) is 63.8 Å². The van der Waals surface area contributed by atoms with Crippen molar-refractivity contribution in [1.82, 2.24) is 5.32 Å². The van der Waals surface area contributed by atoms with Crippen LogP contribution in [0.4, 0.5) is 5.69 Å². The third-order valence-electron chi connectivity index (χ3n) is 6.74. The maximum Gasteiger partial charge on any atom is 0.264 e. The second-order valence-corrected chi connectivity index (χ2v) is 11.3. The molecule has 0 fully saturated rings. The van der Waals surface area contributed by atoms with E-state index >= 15 is 0 Å². The van der Waals surface area contributed by atoms with E-state index in [9.17, 15) is 13.2 Å². The van der Waals surface area contributed by atoms with Gasteiger partial charge in [-0.15, -0.1) is 0 Å². The monoisotopic (exact) mass is 490 g/mol. The lowest BCUT2D eigenvalue weighted by molar-refractivity contribution is -0.120. The summed E-state index contributed by atoms with van der Waals surface area (Å²) in [6, 6.07) is 20.2. The fourth-order valence-electron chi connectivity index (χ4n) is 4.63. The van der Waals surface area contributed by atoms with Crippen LogP contribution in [0.15, 0.2) is 71.6 Å². The summed E-state index contributed by atoms with van der Waals surface area (Å²) >= 11 is 0. The van der Waals surface area contributed by atoms with Gasteiger partial charge in [0.1, 0.15) is 6.54 Å². The van der Waals surface area contributed by atoms with Gasteiger partial charge in [-0.1, -0.05) is 60.5 Å². The number of aryl methyl sites for hydroxylation is 4. The summed E-state index contributed by atoms with van der Waals surface area (Å²) in [6.07, 6.45) is 5.33. The molecular formula is C29H34N2O3S. The lowest BCUT2D eigenvalue weighted by Gasteiger charge is -2.26. The van der Waals surface area contributed by atoms with Crippen molar-refractivity contribution in [3.8, 4) is 0 Å². The Labute approximate surface area is 209 Å². The quantitative estimate of drug-likeness (QED) is 0.444. The molecular weight excluding hydrogens is 456 g/mol. The van der Waals surface area contributed by atoms with Gasteiger partial charge < -0.3 is 5.32 Å². The minimum absolute atomic E-state index is 0.165. The van der Waals surface area contributed by atoms with E-state index in [-0.39, 0.29) is 23.4 Å². The predicted molar refractivity (Wildman–Crippen MR) is 141 cm³/mol. The molecule has 0 aromatic heterocycles. The van der Waals surface area contributed by atoms with Crippen molar-refractivity contribution in [2.24, 2.45) is 0 Å². The number of nitrogens with one attached hydrogen (secondary N) is 1.